The van der Waals surface area contributed by atoms with Crippen LogP contribution in [0.4, 0.5) is 0 Å². The van der Waals surface area contributed by atoms with Gasteiger partial charge in [-0.25, -0.2) is 0 Å². The highest BCUT2D eigenvalue weighted by Gasteiger charge is 2.01. The molecule has 0 saturated carbocycles. The van der Waals surface area contributed by atoms with Crippen molar-refractivity contribution in [2.45, 2.75) is 0 Å². The van der Waals surface area contributed by atoms with E-state index in [1.807, 2.05) is 35.2 Å². The Hall–Kier alpha value is -1.35. The molecule has 0 radical (unpaired) electrons. The van der Waals surface area contributed by atoms with Crippen LogP contribution in [-0.2, 0) is 7.05 Å². The molecule has 3 heteroatoms. The lowest BCUT2D eigenvalue weighted by atomic mass is 10.2. The van der Waals surface area contributed by atoms with Crippen LogP contribution in [0.1, 0.15) is 0 Å². The van der Waals surface area contributed by atoms with E-state index in [4.69, 9.17) is 5.41 Å². The van der Waals surface area contributed by atoms with E-state index in [1.54, 1.807) is 0 Å². The Morgan fingerprint density at radius 2 is 1.92 bits per heavy atom. The van der Waals surface area contributed by atoms with Gasteiger partial charge in [0, 0.05) is 12.4 Å². The van der Waals surface area contributed by atoms with E-state index in [2.05, 4.69) is 12.1 Å². The number of hydrogen-bond donors (Lipinski definition) is 1. The van der Waals surface area contributed by atoms with Crippen molar-refractivity contribution in [1.82, 2.24) is 4.57 Å². The third-order valence-corrected chi connectivity index (χ3v) is 2.86. The Morgan fingerprint density at radius 3 is 2.46 bits per heavy atom. The maximum absolute atomic E-state index is 7.57. The van der Waals surface area contributed by atoms with Crippen LogP contribution < -0.4 is 4.80 Å². The normalized spacial score (nSPS) is 10.2. The van der Waals surface area contributed by atoms with Gasteiger partial charge in [0.1, 0.15) is 0 Å². The van der Waals surface area contributed by atoms with Crippen LogP contribution in [0.25, 0.3) is 11.3 Å². The van der Waals surface area contributed by atoms with Gasteiger partial charge in [-0.05, 0) is 5.56 Å². The summed E-state index contributed by atoms with van der Waals surface area (Å²) in [5.74, 6) is 0. The van der Waals surface area contributed by atoms with Crippen LogP contribution >= 0.6 is 11.3 Å². The monoisotopic (exact) mass is 190 g/mol. The second-order valence-electron chi connectivity index (χ2n) is 2.85. The molecule has 0 fully saturated rings. The van der Waals surface area contributed by atoms with E-state index in [0.29, 0.717) is 4.80 Å². The number of hydrogen-bond acceptors (Lipinski definition) is 2. The zero-order chi connectivity index (χ0) is 9.26. The van der Waals surface area contributed by atoms with Crippen molar-refractivity contribution in [3.05, 3.63) is 40.5 Å². The van der Waals surface area contributed by atoms with Crippen molar-refractivity contribution < 1.29 is 0 Å². The van der Waals surface area contributed by atoms with Gasteiger partial charge < -0.3 is 4.57 Å². The molecule has 2 nitrogen and oxygen atoms in total. The first-order valence-electron chi connectivity index (χ1n) is 4.03. The summed E-state index contributed by atoms with van der Waals surface area (Å²) in [6.45, 7) is 0. The smallest absolute Gasteiger partial charge is 0.182 e. The van der Waals surface area contributed by atoms with Gasteiger partial charge in [-0.1, -0.05) is 30.3 Å². The second kappa shape index (κ2) is 3.18. The maximum atomic E-state index is 7.57. The summed E-state index contributed by atoms with van der Waals surface area (Å²) in [5.41, 5.74) is 2.27. The van der Waals surface area contributed by atoms with Crippen LogP contribution in [0.2, 0.25) is 0 Å². The molecule has 0 saturated heterocycles. The third kappa shape index (κ3) is 1.42. The first-order valence-corrected chi connectivity index (χ1v) is 4.91. The minimum absolute atomic E-state index is 0.582. The number of aromatic nitrogens is 1. The largest absolute Gasteiger partial charge is 0.320 e. The van der Waals surface area contributed by atoms with Crippen LogP contribution in [0.15, 0.2) is 35.7 Å². The zero-order valence-electron chi connectivity index (χ0n) is 7.32. The minimum Gasteiger partial charge on any atom is -0.320 e. The van der Waals surface area contributed by atoms with Crippen molar-refractivity contribution in [3.8, 4) is 11.3 Å². The number of benzene rings is 1. The van der Waals surface area contributed by atoms with Gasteiger partial charge >= 0.3 is 0 Å². The fourth-order valence-electron chi connectivity index (χ4n) is 1.25. The summed E-state index contributed by atoms with van der Waals surface area (Å²) in [7, 11) is 1.92. The van der Waals surface area contributed by atoms with Gasteiger partial charge in [-0.3, -0.25) is 5.41 Å². The van der Waals surface area contributed by atoms with E-state index in [0.717, 1.165) is 5.69 Å². The molecule has 0 spiro atoms. The molecule has 1 aromatic heterocycles. The van der Waals surface area contributed by atoms with Gasteiger partial charge in [0.25, 0.3) is 0 Å². The Labute approximate surface area is 80.6 Å². The zero-order valence-corrected chi connectivity index (χ0v) is 8.14. The third-order valence-electron chi connectivity index (χ3n) is 2.02. The molecule has 13 heavy (non-hydrogen) atoms. The number of thiazole rings is 1. The van der Waals surface area contributed by atoms with Crippen molar-refractivity contribution in [2.75, 3.05) is 0 Å². The van der Waals surface area contributed by atoms with Crippen molar-refractivity contribution in [3.63, 3.8) is 0 Å². The highest BCUT2D eigenvalue weighted by atomic mass is 32.1. The maximum Gasteiger partial charge on any atom is 0.182 e. The van der Waals surface area contributed by atoms with Crippen molar-refractivity contribution >= 4 is 11.3 Å². The summed E-state index contributed by atoms with van der Waals surface area (Å²) < 4.78 is 1.89. The second-order valence-corrected chi connectivity index (χ2v) is 3.71. The molecule has 1 heterocycles. The lowest BCUT2D eigenvalue weighted by Crippen LogP contribution is -2.08. The summed E-state index contributed by atoms with van der Waals surface area (Å²) in [6.07, 6.45) is 0. The molecule has 0 aliphatic heterocycles. The molecule has 0 bridgehead atoms. The molecule has 0 amide bonds. The Morgan fingerprint density at radius 1 is 1.23 bits per heavy atom. The van der Waals surface area contributed by atoms with E-state index in [-0.39, 0.29) is 0 Å². The summed E-state index contributed by atoms with van der Waals surface area (Å²) in [5, 5.41) is 9.58. The molecular formula is C10H10N2S. The lowest BCUT2D eigenvalue weighted by molar-refractivity contribution is 0.866. The van der Waals surface area contributed by atoms with E-state index in [9.17, 15) is 0 Å². The molecule has 2 rings (SSSR count). The highest BCUT2D eigenvalue weighted by molar-refractivity contribution is 7.07. The van der Waals surface area contributed by atoms with Gasteiger partial charge in [0.05, 0.1) is 5.69 Å². The van der Waals surface area contributed by atoms with E-state index in [1.165, 1.54) is 16.9 Å². The number of nitrogens with one attached hydrogen (secondary N) is 1. The molecule has 66 valence electrons. The topological polar surface area (TPSA) is 28.8 Å². The SMILES string of the molecule is Cn1c(-c2ccccc2)csc1=N. The molecular weight excluding hydrogens is 180 g/mol. The molecule has 2 aromatic rings. The van der Waals surface area contributed by atoms with Gasteiger partial charge in [-0.15, -0.1) is 11.3 Å². The molecule has 0 atom stereocenters. The summed E-state index contributed by atoms with van der Waals surface area (Å²) in [6, 6.07) is 10.1. The van der Waals surface area contributed by atoms with Gasteiger partial charge in [0.15, 0.2) is 4.80 Å². The lowest BCUT2D eigenvalue weighted by Gasteiger charge is -2.00. The quantitative estimate of drug-likeness (QED) is 0.714. The minimum atomic E-state index is 0.582. The molecule has 1 aromatic carbocycles. The van der Waals surface area contributed by atoms with Gasteiger partial charge in [0.2, 0.25) is 0 Å². The summed E-state index contributed by atoms with van der Waals surface area (Å²) in [4.78, 5) is 0.582. The Bertz CT molecular complexity index is 453. The number of nitrogens with zero attached hydrogens (tertiary/aromatic N) is 1. The van der Waals surface area contributed by atoms with Crippen LogP contribution in [0, 0.1) is 5.41 Å². The van der Waals surface area contributed by atoms with E-state index < -0.39 is 0 Å². The predicted molar refractivity (Wildman–Crippen MR) is 54.6 cm³/mol. The molecule has 1 N–H and O–H groups in total. The first-order chi connectivity index (χ1) is 6.29. The fraction of sp³-hybridized carbons (Fsp3) is 0.100. The van der Waals surface area contributed by atoms with Crippen LogP contribution in [0.3, 0.4) is 0 Å². The predicted octanol–water partition coefficient (Wildman–Crippen LogP) is 2.23. The van der Waals surface area contributed by atoms with Gasteiger partial charge in [-0.2, -0.15) is 0 Å². The van der Waals surface area contributed by atoms with Crippen LogP contribution in [-0.4, -0.2) is 4.57 Å². The van der Waals surface area contributed by atoms with Crippen LogP contribution in [0.5, 0.6) is 0 Å². The summed E-state index contributed by atoms with van der Waals surface area (Å²) >= 11 is 1.46. The van der Waals surface area contributed by atoms with Crippen molar-refractivity contribution in [1.29, 1.82) is 5.41 Å². The van der Waals surface area contributed by atoms with Crippen molar-refractivity contribution in [2.24, 2.45) is 7.05 Å². The Balaban J connectivity index is 2.60. The standard InChI is InChI=1S/C10H10N2S/c1-12-9(7-13-10(12)11)8-5-3-2-4-6-8/h2-7,11H,1H3. The molecule has 0 aliphatic rings. The van der Waals surface area contributed by atoms with E-state index >= 15 is 0 Å². The Kier molecular flexibility index (Phi) is 2.02. The number of rotatable bonds is 1. The first kappa shape index (κ1) is 8.26. The molecule has 0 unspecified atom stereocenters. The highest BCUT2D eigenvalue weighted by Crippen LogP contribution is 2.17. The average molecular weight is 190 g/mol. The average Bonchev–Trinajstić information content (AvgIpc) is 2.49. The molecule has 0 aliphatic carbocycles. The fourth-order valence-corrected chi connectivity index (χ4v) is 2.02.